The highest BCUT2D eigenvalue weighted by molar-refractivity contribution is 7.09. The van der Waals surface area contributed by atoms with Crippen LogP contribution in [0.3, 0.4) is 0 Å². The van der Waals surface area contributed by atoms with E-state index in [1.807, 2.05) is 12.4 Å². The van der Waals surface area contributed by atoms with Crippen molar-refractivity contribution in [3.8, 4) is 5.88 Å². The third-order valence-corrected chi connectivity index (χ3v) is 3.51. The summed E-state index contributed by atoms with van der Waals surface area (Å²) >= 11 is 7.52. The number of thiazole rings is 1. The summed E-state index contributed by atoms with van der Waals surface area (Å²) in [4.78, 5) is 13.2. The number of hydrazine groups is 1. The van der Waals surface area contributed by atoms with E-state index in [1.54, 1.807) is 11.3 Å². The van der Waals surface area contributed by atoms with Gasteiger partial charge in [0.2, 0.25) is 11.8 Å². The van der Waals surface area contributed by atoms with Crippen molar-refractivity contribution in [2.45, 2.75) is 13.3 Å². The molecule has 0 saturated heterocycles. The van der Waals surface area contributed by atoms with Crippen molar-refractivity contribution in [3.05, 3.63) is 27.3 Å². The van der Waals surface area contributed by atoms with Gasteiger partial charge in [-0.15, -0.1) is 11.3 Å². The summed E-state index contributed by atoms with van der Waals surface area (Å²) in [7, 11) is 0. The minimum absolute atomic E-state index is 0.267. The van der Waals surface area contributed by atoms with Crippen LogP contribution in [0.5, 0.6) is 5.88 Å². The molecule has 6 nitrogen and oxygen atoms in total. The predicted octanol–water partition coefficient (Wildman–Crippen LogP) is 1.80. The molecule has 2 aromatic heterocycles. The minimum atomic E-state index is 0.267. The van der Waals surface area contributed by atoms with E-state index in [1.165, 1.54) is 11.1 Å². The van der Waals surface area contributed by atoms with E-state index in [0.717, 1.165) is 12.1 Å². The van der Waals surface area contributed by atoms with Crippen LogP contribution in [0, 0.1) is 6.92 Å². The molecule has 0 atom stereocenters. The lowest BCUT2D eigenvalue weighted by Gasteiger charge is -2.07. The molecule has 0 radical (unpaired) electrons. The van der Waals surface area contributed by atoms with Crippen molar-refractivity contribution in [1.29, 1.82) is 0 Å². The minimum Gasteiger partial charge on any atom is -0.476 e. The second kappa shape index (κ2) is 5.94. The van der Waals surface area contributed by atoms with Crippen LogP contribution >= 0.6 is 22.9 Å². The Balaban J connectivity index is 1.96. The summed E-state index contributed by atoms with van der Waals surface area (Å²) in [6.45, 7) is 2.45. The lowest BCUT2D eigenvalue weighted by molar-refractivity contribution is 0.310. The van der Waals surface area contributed by atoms with E-state index < -0.39 is 0 Å². The van der Waals surface area contributed by atoms with Gasteiger partial charge in [-0.25, -0.2) is 15.8 Å². The summed E-state index contributed by atoms with van der Waals surface area (Å²) < 4.78 is 5.51. The average molecular weight is 286 g/mol. The third kappa shape index (κ3) is 3.06. The standard InChI is InChI=1S/C10H12ClN5OS/c1-6-8(18-5-14-6)2-3-17-9-7(11)4-13-10(15-9)16-12/h4-5H,2-3,12H2,1H3,(H,13,15,16). The zero-order chi connectivity index (χ0) is 13.0. The number of aromatic nitrogens is 3. The molecular weight excluding hydrogens is 274 g/mol. The number of nitrogens with two attached hydrogens (primary N) is 1. The molecule has 3 N–H and O–H groups in total. The fraction of sp³-hybridized carbons (Fsp3) is 0.300. The molecule has 0 unspecified atom stereocenters. The van der Waals surface area contributed by atoms with Crippen molar-refractivity contribution < 1.29 is 4.74 Å². The Morgan fingerprint density at radius 2 is 2.33 bits per heavy atom. The SMILES string of the molecule is Cc1ncsc1CCOc1nc(NN)ncc1Cl. The molecule has 2 rings (SSSR count). The highest BCUT2D eigenvalue weighted by Gasteiger charge is 2.07. The Bertz CT molecular complexity index is 533. The van der Waals surface area contributed by atoms with E-state index >= 15 is 0 Å². The average Bonchev–Trinajstić information content (AvgIpc) is 2.77. The van der Waals surface area contributed by atoms with Gasteiger partial charge in [-0.2, -0.15) is 4.98 Å². The molecule has 18 heavy (non-hydrogen) atoms. The normalized spacial score (nSPS) is 10.4. The number of nitrogens with zero attached hydrogens (tertiary/aromatic N) is 3. The van der Waals surface area contributed by atoms with Gasteiger partial charge in [0, 0.05) is 11.3 Å². The lowest BCUT2D eigenvalue weighted by Crippen LogP contribution is -2.11. The number of halogens is 1. The zero-order valence-corrected chi connectivity index (χ0v) is 11.3. The van der Waals surface area contributed by atoms with Crippen molar-refractivity contribution in [2.24, 2.45) is 5.84 Å². The van der Waals surface area contributed by atoms with Gasteiger partial charge in [0.05, 0.1) is 24.0 Å². The number of nitrogens with one attached hydrogen (secondary N) is 1. The molecule has 0 fully saturated rings. The van der Waals surface area contributed by atoms with E-state index in [0.29, 0.717) is 17.5 Å². The third-order valence-electron chi connectivity index (χ3n) is 2.25. The van der Waals surface area contributed by atoms with Crippen LogP contribution in [-0.2, 0) is 6.42 Å². The van der Waals surface area contributed by atoms with Gasteiger partial charge in [0.25, 0.3) is 0 Å². The number of hydrogen-bond acceptors (Lipinski definition) is 7. The first-order valence-corrected chi connectivity index (χ1v) is 6.47. The number of ether oxygens (including phenoxy) is 1. The summed E-state index contributed by atoms with van der Waals surface area (Å²) in [5, 5.41) is 0.357. The maximum absolute atomic E-state index is 5.92. The van der Waals surface area contributed by atoms with Crippen LogP contribution in [0.1, 0.15) is 10.6 Å². The van der Waals surface area contributed by atoms with Gasteiger partial charge in [0.15, 0.2) is 0 Å². The highest BCUT2D eigenvalue weighted by Crippen LogP contribution is 2.22. The number of aryl methyl sites for hydroxylation is 1. The Labute approximate surface area is 113 Å². The van der Waals surface area contributed by atoms with Crippen LogP contribution in [0.25, 0.3) is 0 Å². The summed E-state index contributed by atoms with van der Waals surface area (Å²) in [6.07, 6.45) is 2.21. The van der Waals surface area contributed by atoms with Crippen LogP contribution in [0.15, 0.2) is 11.7 Å². The fourth-order valence-corrected chi connectivity index (χ4v) is 2.24. The summed E-state index contributed by atoms with van der Waals surface area (Å²) in [6, 6.07) is 0. The topological polar surface area (TPSA) is 86.0 Å². The van der Waals surface area contributed by atoms with E-state index in [-0.39, 0.29) is 5.95 Å². The monoisotopic (exact) mass is 285 g/mol. The van der Waals surface area contributed by atoms with E-state index in [2.05, 4.69) is 20.4 Å². The Morgan fingerprint density at radius 3 is 3.00 bits per heavy atom. The number of anilines is 1. The summed E-state index contributed by atoms with van der Waals surface area (Å²) in [5.74, 6) is 5.80. The molecule has 0 aliphatic carbocycles. The van der Waals surface area contributed by atoms with Gasteiger partial charge in [-0.05, 0) is 6.92 Å². The van der Waals surface area contributed by atoms with E-state index in [4.69, 9.17) is 22.2 Å². The van der Waals surface area contributed by atoms with Crippen molar-refractivity contribution in [2.75, 3.05) is 12.0 Å². The quantitative estimate of drug-likeness (QED) is 0.643. The maximum Gasteiger partial charge on any atom is 0.240 e. The van der Waals surface area contributed by atoms with Gasteiger partial charge >= 0.3 is 0 Å². The van der Waals surface area contributed by atoms with Gasteiger partial charge in [0.1, 0.15) is 5.02 Å². The first-order valence-electron chi connectivity index (χ1n) is 5.21. The molecule has 0 aliphatic heterocycles. The van der Waals surface area contributed by atoms with Crippen LogP contribution in [0.2, 0.25) is 5.02 Å². The number of rotatable bonds is 5. The molecule has 0 amide bonds. The second-order valence-electron chi connectivity index (χ2n) is 3.45. The Morgan fingerprint density at radius 1 is 1.50 bits per heavy atom. The molecule has 2 aromatic rings. The first kappa shape index (κ1) is 13.0. The molecule has 0 saturated carbocycles. The van der Waals surface area contributed by atoms with Gasteiger partial charge in [-0.3, -0.25) is 5.43 Å². The second-order valence-corrected chi connectivity index (χ2v) is 4.80. The number of nitrogen functional groups attached to an aromatic ring is 1. The van der Waals surface area contributed by atoms with Crippen molar-refractivity contribution in [3.63, 3.8) is 0 Å². The fourth-order valence-electron chi connectivity index (χ4n) is 1.33. The Hall–Kier alpha value is -1.44. The smallest absolute Gasteiger partial charge is 0.240 e. The van der Waals surface area contributed by atoms with E-state index in [9.17, 15) is 0 Å². The largest absolute Gasteiger partial charge is 0.476 e. The van der Waals surface area contributed by atoms with Crippen molar-refractivity contribution in [1.82, 2.24) is 15.0 Å². The molecule has 96 valence electrons. The zero-order valence-electron chi connectivity index (χ0n) is 9.68. The number of hydrogen-bond donors (Lipinski definition) is 2. The molecule has 0 spiro atoms. The summed E-state index contributed by atoms with van der Waals surface area (Å²) in [5.41, 5.74) is 5.19. The predicted molar refractivity (Wildman–Crippen MR) is 70.9 cm³/mol. The maximum atomic E-state index is 5.92. The van der Waals surface area contributed by atoms with Crippen LogP contribution < -0.4 is 16.0 Å². The molecule has 0 aliphatic rings. The van der Waals surface area contributed by atoms with Crippen LogP contribution in [-0.4, -0.2) is 21.6 Å². The van der Waals surface area contributed by atoms with Crippen molar-refractivity contribution >= 4 is 28.9 Å². The van der Waals surface area contributed by atoms with Gasteiger partial charge in [-0.1, -0.05) is 11.6 Å². The Kier molecular flexibility index (Phi) is 4.29. The lowest BCUT2D eigenvalue weighted by atomic mass is 10.3. The van der Waals surface area contributed by atoms with Crippen LogP contribution in [0.4, 0.5) is 5.95 Å². The molecular formula is C10H12ClN5OS. The highest BCUT2D eigenvalue weighted by atomic mass is 35.5. The molecule has 0 bridgehead atoms. The molecule has 0 aromatic carbocycles. The molecule has 2 heterocycles. The molecule has 8 heteroatoms. The van der Waals surface area contributed by atoms with Gasteiger partial charge < -0.3 is 4.74 Å². The first-order chi connectivity index (χ1) is 8.70.